The molecule has 5 heteroatoms. The van der Waals surface area contributed by atoms with E-state index in [1.54, 1.807) is 11.3 Å². The van der Waals surface area contributed by atoms with Crippen LogP contribution >= 0.6 is 11.3 Å². The Bertz CT molecular complexity index is 477. The van der Waals surface area contributed by atoms with Gasteiger partial charge in [-0.15, -0.1) is 11.3 Å². The molecule has 4 nitrogen and oxygen atoms in total. The zero-order valence-electron chi connectivity index (χ0n) is 12.8. The van der Waals surface area contributed by atoms with Crippen LogP contribution in [0.2, 0.25) is 0 Å². The summed E-state index contributed by atoms with van der Waals surface area (Å²) in [5.74, 6) is -0.280. The van der Waals surface area contributed by atoms with Gasteiger partial charge in [0.05, 0.1) is 12.3 Å². The van der Waals surface area contributed by atoms with Gasteiger partial charge in [-0.1, -0.05) is 20.8 Å². The number of nitrogens with one attached hydrogen (secondary N) is 1. The van der Waals surface area contributed by atoms with Crippen LogP contribution in [-0.4, -0.2) is 24.1 Å². The molecule has 2 rings (SSSR count). The fourth-order valence-corrected chi connectivity index (χ4v) is 3.38. The maximum atomic E-state index is 11.9. The molecule has 0 amide bonds. The van der Waals surface area contributed by atoms with Crippen LogP contribution in [0.5, 0.6) is 0 Å². The van der Waals surface area contributed by atoms with E-state index in [2.05, 4.69) is 31.1 Å². The SMILES string of the molecule is CCOC(=O)C1CCc2sc(NCCC(C)(C)C)nc21. The highest BCUT2D eigenvalue weighted by molar-refractivity contribution is 7.15. The average molecular weight is 296 g/mol. The van der Waals surface area contributed by atoms with Crippen LogP contribution in [0.1, 0.15) is 57.0 Å². The molecule has 1 aliphatic carbocycles. The molecule has 1 heterocycles. The first-order chi connectivity index (χ1) is 9.40. The number of aromatic nitrogens is 1. The van der Waals surface area contributed by atoms with Crippen LogP contribution in [0, 0.1) is 5.41 Å². The first kappa shape index (κ1) is 15.3. The molecule has 0 aliphatic heterocycles. The Morgan fingerprint density at radius 1 is 1.50 bits per heavy atom. The Labute approximate surface area is 124 Å². The van der Waals surface area contributed by atoms with Crippen LogP contribution in [-0.2, 0) is 16.0 Å². The Balaban J connectivity index is 1.96. The quantitative estimate of drug-likeness (QED) is 0.844. The Hall–Kier alpha value is -1.10. The van der Waals surface area contributed by atoms with Crippen LogP contribution in [0.15, 0.2) is 0 Å². The highest BCUT2D eigenvalue weighted by atomic mass is 32.1. The van der Waals surface area contributed by atoms with Gasteiger partial charge in [0.25, 0.3) is 0 Å². The summed E-state index contributed by atoms with van der Waals surface area (Å²) in [7, 11) is 0. The number of hydrogen-bond donors (Lipinski definition) is 1. The van der Waals surface area contributed by atoms with Gasteiger partial charge in [0.15, 0.2) is 5.13 Å². The van der Waals surface area contributed by atoms with E-state index in [0.29, 0.717) is 12.0 Å². The van der Waals surface area contributed by atoms with E-state index in [9.17, 15) is 4.79 Å². The number of carbonyl (C=O) groups is 1. The molecule has 1 aromatic heterocycles. The maximum absolute atomic E-state index is 11.9. The number of nitrogens with zero attached hydrogens (tertiary/aromatic N) is 1. The Morgan fingerprint density at radius 2 is 2.25 bits per heavy atom. The van der Waals surface area contributed by atoms with Crippen LogP contribution in [0.25, 0.3) is 0 Å². The third-order valence-electron chi connectivity index (χ3n) is 3.44. The van der Waals surface area contributed by atoms with Gasteiger partial charge >= 0.3 is 5.97 Å². The van der Waals surface area contributed by atoms with Crippen molar-refractivity contribution in [2.24, 2.45) is 5.41 Å². The van der Waals surface area contributed by atoms with Gasteiger partial charge in [-0.3, -0.25) is 4.79 Å². The van der Waals surface area contributed by atoms with E-state index >= 15 is 0 Å². The van der Waals surface area contributed by atoms with E-state index in [1.807, 2.05) is 6.92 Å². The van der Waals surface area contributed by atoms with Crippen molar-refractivity contribution in [3.05, 3.63) is 10.6 Å². The van der Waals surface area contributed by atoms with Gasteiger partial charge in [0.2, 0.25) is 0 Å². The van der Waals surface area contributed by atoms with Crippen molar-refractivity contribution < 1.29 is 9.53 Å². The molecule has 0 fully saturated rings. The smallest absolute Gasteiger partial charge is 0.315 e. The van der Waals surface area contributed by atoms with Gasteiger partial charge in [0, 0.05) is 11.4 Å². The zero-order valence-corrected chi connectivity index (χ0v) is 13.6. The molecule has 1 atom stereocenters. The molecule has 0 saturated carbocycles. The summed E-state index contributed by atoms with van der Waals surface area (Å²) in [6.07, 6.45) is 2.88. The van der Waals surface area contributed by atoms with Crippen LogP contribution in [0.4, 0.5) is 5.13 Å². The van der Waals surface area contributed by atoms with Crippen molar-refractivity contribution in [3.8, 4) is 0 Å². The fraction of sp³-hybridized carbons (Fsp3) is 0.733. The number of fused-ring (bicyclic) bond motifs is 1. The molecule has 0 bridgehead atoms. The lowest BCUT2D eigenvalue weighted by Gasteiger charge is -2.17. The summed E-state index contributed by atoms with van der Waals surface area (Å²) in [4.78, 5) is 17.7. The minimum Gasteiger partial charge on any atom is -0.465 e. The predicted octanol–water partition coefficient (Wildman–Crippen LogP) is 3.58. The van der Waals surface area contributed by atoms with E-state index in [-0.39, 0.29) is 11.9 Å². The lowest BCUT2D eigenvalue weighted by Crippen LogP contribution is -2.15. The number of rotatable bonds is 5. The molecule has 112 valence electrons. The molecule has 1 N–H and O–H groups in total. The van der Waals surface area contributed by atoms with Crippen molar-refractivity contribution in [1.82, 2.24) is 4.98 Å². The third-order valence-corrected chi connectivity index (χ3v) is 4.53. The molecule has 0 radical (unpaired) electrons. The number of hydrogen-bond acceptors (Lipinski definition) is 5. The number of esters is 1. The normalized spacial score (nSPS) is 17.9. The second kappa shape index (κ2) is 6.12. The molecular formula is C15H24N2O2S. The number of thiazole rings is 1. The van der Waals surface area contributed by atoms with E-state index in [4.69, 9.17) is 4.74 Å². The largest absolute Gasteiger partial charge is 0.465 e. The van der Waals surface area contributed by atoms with Crippen LogP contribution in [0.3, 0.4) is 0 Å². The molecule has 1 aromatic rings. The highest BCUT2D eigenvalue weighted by Gasteiger charge is 2.33. The highest BCUT2D eigenvalue weighted by Crippen LogP contribution is 2.39. The number of anilines is 1. The van der Waals surface area contributed by atoms with Gasteiger partial charge in [-0.05, 0) is 31.6 Å². The van der Waals surface area contributed by atoms with E-state index in [1.165, 1.54) is 4.88 Å². The number of aryl methyl sites for hydroxylation is 1. The maximum Gasteiger partial charge on any atom is 0.315 e. The van der Waals surface area contributed by atoms with Gasteiger partial charge in [-0.2, -0.15) is 0 Å². The molecule has 1 unspecified atom stereocenters. The van der Waals surface area contributed by atoms with Crippen molar-refractivity contribution >= 4 is 22.4 Å². The molecule has 0 aromatic carbocycles. The zero-order chi connectivity index (χ0) is 14.8. The summed E-state index contributed by atoms with van der Waals surface area (Å²) in [6, 6.07) is 0. The third kappa shape index (κ3) is 3.72. The van der Waals surface area contributed by atoms with Crippen molar-refractivity contribution in [3.63, 3.8) is 0 Å². The predicted molar refractivity (Wildman–Crippen MR) is 82.4 cm³/mol. The van der Waals surface area contributed by atoms with E-state index in [0.717, 1.165) is 36.6 Å². The van der Waals surface area contributed by atoms with Gasteiger partial charge < -0.3 is 10.1 Å². The Morgan fingerprint density at radius 3 is 2.90 bits per heavy atom. The molecular weight excluding hydrogens is 272 g/mol. The van der Waals surface area contributed by atoms with Crippen molar-refractivity contribution in [2.45, 2.75) is 52.9 Å². The lowest BCUT2D eigenvalue weighted by molar-refractivity contribution is -0.145. The monoisotopic (exact) mass is 296 g/mol. The number of ether oxygens (including phenoxy) is 1. The van der Waals surface area contributed by atoms with Crippen molar-refractivity contribution in [2.75, 3.05) is 18.5 Å². The fourth-order valence-electron chi connectivity index (χ4n) is 2.32. The molecule has 0 saturated heterocycles. The second-order valence-electron chi connectivity index (χ2n) is 6.41. The minimum atomic E-state index is -0.153. The van der Waals surface area contributed by atoms with Gasteiger partial charge in [-0.25, -0.2) is 4.98 Å². The summed E-state index contributed by atoms with van der Waals surface area (Å²) in [5, 5.41) is 4.32. The van der Waals surface area contributed by atoms with E-state index < -0.39 is 0 Å². The van der Waals surface area contributed by atoms with Crippen molar-refractivity contribution in [1.29, 1.82) is 0 Å². The average Bonchev–Trinajstić information content (AvgIpc) is 2.86. The molecule has 20 heavy (non-hydrogen) atoms. The summed E-state index contributed by atoms with van der Waals surface area (Å²) in [5.41, 5.74) is 1.26. The first-order valence-corrected chi connectivity index (χ1v) is 8.12. The second-order valence-corrected chi connectivity index (χ2v) is 7.49. The minimum absolute atomic E-state index is 0.127. The summed E-state index contributed by atoms with van der Waals surface area (Å²) < 4.78 is 5.12. The van der Waals surface area contributed by atoms with Gasteiger partial charge in [0.1, 0.15) is 5.92 Å². The summed E-state index contributed by atoms with van der Waals surface area (Å²) in [6.45, 7) is 9.88. The molecule has 0 spiro atoms. The topological polar surface area (TPSA) is 51.2 Å². The van der Waals surface area contributed by atoms with Crippen LogP contribution < -0.4 is 5.32 Å². The first-order valence-electron chi connectivity index (χ1n) is 7.31. The molecule has 1 aliphatic rings. The Kier molecular flexibility index (Phi) is 4.68. The summed E-state index contributed by atoms with van der Waals surface area (Å²) >= 11 is 1.68. The standard InChI is InChI=1S/C15H24N2O2S/c1-5-19-13(18)10-6-7-11-12(10)17-14(20-11)16-9-8-15(2,3)4/h10H,5-9H2,1-4H3,(H,16,17). The number of carbonyl (C=O) groups excluding carboxylic acids is 1. The lowest BCUT2D eigenvalue weighted by atomic mass is 9.92.